The molecule has 1 aliphatic heterocycles. The normalized spacial score (nSPS) is 21.7. The van der Waals surface area contributed by atoms with Crippen molar-refractivity contribution in [1.82, 2.24) is 4.90 Å². The maximum atomic E-state index is 6.15. The predicted molar refractivity (Wildman–Crippen MR) is 73.2 cm³/mol. The van der Waals surface area contributed by atoms with E-state index in [-0.39, 0.29) is 11.1 Å². The Morgan fingerprint density at radius 2 is 1.82 bits per heavy atom. The summed E-state index contributed by atoms with van der Waals surface area (Å²) in [6.45, 7) is 12.5. The minimum absolute atomic E-state index is 0.113. The van der Waals surface area contributed by atoms with Crippen LogP contribution in [0.25, 0.3) is 0 Å². The van der Waals surface area contributed by atoms with Gasteiger partial charge in [0.2, 0.25) is 0 Å². The van der Waals surface area contributed by atoms with Crippen molar-refractivity contribution < 1.29 is 4.74 Å². The van der Waals surface area contributed by atoms with E-state index >= 15 is 0 Å². The number of nitrogens with two attached hydrogens (primary N) is 1. The Balaban J connectivity index is 2.93. The predicted octanol–water partition coefficient (Wildman–Crippen LogP) is 2.39. The average molecular weight is 242 g/mol. The summed E-state index contributed by atoms with van der Waals surface area (Å²) in [4.78, 5) is 2.62. The highest BCUT2D eigenvalue weighted by molar-refractivity contribution is 4.99. The molecule has 0 atom stereocenters. The molecule has 0 spiro atoms. The van der Waals surface area contributed by atoms with Crippen molar-refractivity contribution >= 4 is 0 Å². The molecule has 0 amide bonds. The van der Waals surface area contributed by atoms with E-state index in [4.69, 9.17) is 10.5 Å². The number of hydrogen-bond acceptors (Lipinski definition) is 3. The van der Waals surface area contributed by atoms with Gasteiger partial charge in [0.25, 0.3) is 0 Å². The first-order chi connectivity index (χ1) is 8.02. The highest BCUT2D eigenvalue weighted by atomic mass is 16.5. The second kappa shape index (κ2) is 6.17. The molecule has 1 aliphatic rings. The van der Waals surface area contributed by atoms with Crippen molar-refractivity contribution in [3.05, 3.63) is 0 Å². The molecule has 102 valence electrons. The lowest BCUT2D eigenvalue weighted by atomic mass is 9.82. The highest BCUT2D eigenvalue weighted by Gasteiger charge is 2.43. The van der Waals surface area contributed by atoms with Crippen LogP contribution in [0.2, 0.25) is 0 Å². The standard InChI is InChI=1S/C14H30N2O/c1-5-7-14(11-15,8-6-2)16-9-10-17-12-13(16,3)4/h5-12,15H2,1-4H3. The first-order valence-corrected chi connectivity index (χ1v) is 7.08. The molecule has 0 aliphatic carbocycles. The number of rotatable bonds is 6. The molecule has 3 nitrogen and oxygen atoms in total. The fraction of sp³-hybridized carbons (Fsp3) is 1.00. The van der Waals surface area contributed by atoms with E-state index in [1.54, 1.807) is 0 Å². The van der Waals surface area contributed by atoms with Crippen LogP contribution in [0.1, 0.15) is 53.4 Å². The van der Waals surface area contributed by atoms with E-state index in [0.29, 0.717) is 0 Å². The summed E-state index contributed by atoms with van der Waals surface area (Å²) >= 11 is 0. The van der Waals surface area contributed by atoms with Crippen LogP contribution in [0, 0.1) is 0 Å². The van der Waals surface area contributed by atoms with Gasteiger partial charge >= 0.3 is 0 Å². The van der Waals surface area contributed by atoms with Gasteiger partial charge in [-0.2, -0.15) is 0 Å². The number of nitrogens with zero attached hydrogens (tertiary/aromatic N) is 1. The fourth-order valence-corrected chi connectivity index (χ4v) is 3.38. The Bertz CT molecular complexity index is 222. The first-order valence-electron chi connectivity index (χ1n) is 7.08. The van der Waals surface area contributed by atoms with Gasteiger partial charge in [-0.25, -0.2) is 0 Å². The lowest BCUT2D eigenvalue weighted by Crippen LogP contribution is -2.65. The summed E-state index contributed by atoms with van der Waals surface area (Å²) in [6.07, 6.45) is 4.79. The van der Waals surface area contributed by atoms with Gasteiger partial charge in [-0.3, -0.25) is 4.90 Å². The molecule has 1 heterocycles. The quantitative estimate of drug-likeness (QED) is 0.777. The number of morpholine rings is 1. The Morgan fingerprint density at radius 1 is 1.24 bits per heavy atom. The van der Waals surface area contributed by atoms with Crippen molar-refractivity contribution in [2.24, 2.45) is 5.73 Å². The highest BCUT2D eigenvalue weighted by Crippen LogP contribution is 2.34. The second-order valence-electron chi connectivity index (χ2n) is 5.95. The molecule has 3 heteroatoms. The van der Waals surface area contributed by atoms with Crippen molar-refractivity contribution in [1.29, 1.82) is 0 Å². The average Bonchev–Trinajstić information content (AvgIpc) is 2.28. The number of hydrogen-bond donors (Lipinski definition) is 1. The Labute approximate surface area is 107 Å². The van der Waals surface area contributed by atoms with Crippen molar-refractivity contribution in [2.45, 2.75) is 64.5 Å². The molecule has 0 unspecified atom stereocenters. The van der Waals surface area contributed by atoms with Gasteiger partial charge in [-0.15, -0.1) is 0 Å². The fourth-order valence-electron chi connectivity index (χ4n) is 3.38. The maximum Gasteiger partial charge on any atom is 0.0645 e. The molecule has 1 fully saturated rings. The molecule has 0 aromatic rings. The molecule has 0 bridgehead atoms. The lowest BCUT2D eigenvalue weighted by molar-refractivity contribution is -0.109. The lowest BCUT2D eigenvalue weighted by Gasteiger charge is -2.54. The minimum Gasteiger partial charge on any atom is -0.378 e. The molecule has 2 N–H and O–H groups in total. The molecular formula is C14H30N2O. The third-order valence-corrected chi connectivity index (χ3v) is 4.03. The molecule has 0 saturated carbocycles. The third-order valence-electron chi connectivity index (χ3n) is 4.03. The molecule has 1 saturated heterocycles. The molecule has 0 aromatic heterocycles. The second-order valence-corrected chi connectivity index (χ2v) is 5.95. The van der Waals surface area contributed by atoms with Gasteiger partial charge in [0.15, 0.2) is 0 Å². The largest absolute Gasteiger partial charge is 0.378 e. The zero-order valence-electron chi connectivity index (χ0n) is 12.1. The van der Waals surface area contributed by atoms with Crippen LogP contribution in [0.4, 0.5) is 0 Å². The van der Waals surface area contributed by atoms with Crippen LogP contribution >= 0.6 is 0 Å². The summed E-state index contributed by atoms with van der Waals surface area (Å²) < 4.78 is 5.63. The van der Waals surface area contributed by atoms with Crippen LogP contribution in [0.5, 0.6) is 0 Å². The number of ether oxygens (including phenoxy) is 1. The van der Waals surface area contributed by atoms with Crippen LogP contribution in [0.15, 0.2) is 0 Å². The van der Waals surface area contributed by atoms with Crippen molar-refractivity contribution in [3.8, 4) is 0 Å². The minimum atomic E-state index is 0.113. The zero-order valence-corrected chi connectivity index (χ0v) is 12.1. The summed E-state index contributed by atoms with van der Waals surface area (Å²) in [5, 5.41) is 0. The summed E-state index contributed by atoms with van der Waals surface area (Å²) in [5.41, 5.74) is 6.44. The van der Waals surface area contributed by atoms with Crippen molar-refractivity contribution in [2.75, 3.05) is 26.3 Å². The van der Waals surface area contributed by atoms with Gasteiger partial charge in [0.1, 0.15) is 0 Å². The SMILES string of the molecule is CCCC(CN)(CCC)N1CCOCC1(C)C. The van der Waals surface area contributed by atoms with Gasteiger partial charge in [-0.1, -0.05) is 26.7 Å². The van der Waals surface area contributed by atoms with Crippen LogP contribution in [-0.2, 0) is 4.74 Å². The summed E-state index contributed by atoms with van der Waals surface area (Å²) in [6, 6.07) is 0. The van der Waals surface area contributed by atoms with Gasteiger partial charge < -0.3 is 10.5 Å². The van der Waals surface area contributed by atoms with Crippen LogP contribution in [0.3, 0.4) is 0 Å². The zero-order chi connectivity index (χ0) is 12.9. The van der Waals surface area contributed by atoms with E-state index in [1.165, 1.54) is 25.7 Å². The Hall–Kier alpha value is -0.120. The van der Waals surface area contributed by atoms with Gasteiger partial charge in [0, 0.05) is 24.2 Å². The topological polar surface area (TPSA) is 38.5 Å². The third kappa shape index (κ3) is 3.21. The van der Waals surface area contributed by atoms with Crippen LogP contribution < -0.4 is 5.73 Å². The molecule has 17 heavy (non-hydrogen) atoms. The van der Waals surface area contributed by atoms with E-state index in [1.807, 2.05) is 0 Å². The summed E-state index contributed by atoms with van der Waals surface area (Å²) in [5.74, 6) is 0. The van der Waals surface area contributed by atoms with Crippen molar-refractivity contribution in [3.63, 3.8) is 0 Å². The van der Waals surface area contributed by atoms with Gasteiger partial charge in [-0.05, 0) is 26.7 Å². The molecule has 1 rings (SSSR count). The maximum absolute atomic E-state index is 6.15. The summed E-state index contributed by atoms with van der Waals surface area (Å²) in [7, 11) is 0. The van der Waals surface area contributed by atoms with E-state index < -0.39 is 0 Å². The Kier molecular flexibility index (Phi) is 5.42. The molecule has 0 aromatic carbocycles. The van der Waals surface area contributed by atoms with E-state index in [9.17, 15) is 0 Å². The first kappa shape index (κ1) is 14.9. The molecule has 0 radical (unpaired) electrons. The molecular weight excluding hydrogens is 212 g/mol. The smallest absolute Gasteiger partial charge is 0.0645 e. The Morgan fingerprint density at radius 3 is 2.24 bits per heavy atom. The van der Waals surface area contributed by atoms with Gasteiger partial charge in [0.05, 0.1) is 13.2 Å². The van der Waals surface area contributed by atoms with Crippen LogP contribution in [-0.4, -0.2) is 42.3 Å². The van der Waals surface area contributed by atoms with E-state index in [0.717, 1.165) is 26.3 Å². The van der Waals surface area contributed by atoms with E-state index in [2.05, 4.69) is 32.6 Å². The monoisotopic (exact) mass is 242 g/mol.